The number of nitrogen functional groups attached to an aromatic ring is 1. The van der Waals surface area contributed by atoms with E-state index in [0.717, 1.165) is 34.9 Å². The van der Waals surface area contributed by atoms with Gasteiger partial charge in [-0.3, -0.25) is 10.1 Å². The summed E-state index contributed by atoms with van der Waals surface area (Å²) in [5.74, 6) is 0. The highest BCUT2D eigenvalue weighted by Gasteiger charge is 2.08. The smallest absolute Gasteiger partial charge is 0.271 e. The number of aryl methyl sites for hydroxylation is 2. The first kappa shape index (κ1) is 17.5. The third-order valence-corrected chi connectivity index (χ3v) is 4.52. The fourth-order valence-corrected chi connectivity index (χ4v) is 3.08. The number of aromatic nitrogens is 2. The predicted molar refractivity (Wildman–Crippen MR) is 106 cm³/mol. The minimum atomic E-state index is -0.383. The van der Waals surface area contributed by atoms with Crippen LogP contribution < -0.4 is 5.73 Å². The summed E-state index contributed by atoms with van der Waals surface area (Å²) in [4.78, 5) is 16.4. The van der Waals surface area contributed by atoms with E-state index in [0.29, 0.717) is 0 Å². The molecule has 0 bridgehead atoms. The lowest BCUT2D eigenvalue weighted by molar-refractivity contribution is -0.384. The molecule has 0 atom stereocenters. The van der Waals surface area contributed by atoms with Crippen molar-refractivity contribution in [2.24, 2.45) is 0 Å². The molecule has 0 aliphatic rings. The van der Waals surface area contributed by atoms with Crippen molar-refractivity contribution in [3.8, 4) is 0 Å². The number of hydrogen-bond acceptors (Lipinski definition) is 3. The quantitative estimate of drug-likeness (QED) is 0.277. The molecule has 6 nitrogen and oxygen atoms in total. The fourth-order valence-electron chi connectivity index (χ4n) is 3.08. The SMILES string of the molecule is CCc1c[nH]c2cc(N)ccc12.CCc1c[nH]c2cc([N+](=O)[O-])ccc12. The second kappa shape index (κ2) is 7.31. The summed E-state index contributed by atoms with van der Waals surface area (Å²) in [5.41, 5.74) is 11.1. The Balaban J connectivity index is 0.000000152. The first-order valence-corrected chi connectivity index (χ1v) is 8.63. The van der Waals surface area contributed by atoms with E-state index < -0.39 is 0 Å². The van der Waals surface area contributed by atoms with Crippen LogP contribution >= 0.6 is 0 Å². The van der Waals surface area contributed by atoms with Gasteiger partial charge >= 0.3 is 0 Å². The van der Waals surface area contributed by atoms with Crippen molar-refractivity contribution < 1.29 is 4.92 Å². The van der Waals surface area contributed by atoms with Gasteiger partial charge in [0.05, 0.1) is 10.4 Å². The number of nitrogens with two attached hydrogens (primary N) is 1. The Kier molecular flexibility index (Phi) is 4.93. The Bertz CT molecular complexity index is 1060. The summed E-state index contributed by atoms with van der Waals surface area (Å²) in [6, 6.07) is 10.9. The van der Waals surface area contributed by atoms with Crippen LogP contribution in [0.1, 0.15) is 25.0 Å². The number of anilines is 1. The Morgan fingerprint density at radius 1 is 0.923 bits per heavy atom. The van der Waals surface area contributed by atoms with Crippen LogP contribution in [-0.4, -0.2) is 14.9 Å². The van der Waals surface area contributed by atoms with Gasteiger partial charge in [0.15, 0.2) is 0 Å². The lowest BCUT2D eigenvalue weighted by atomic mass is 10.1. The van der Waals surface area contributed by atoms with E-state index in [1.807, 2.05) is 24.5 Å². The van der Waals surface area contributed by atoms with Crippen molar-refractivity contribution >= 4 is 33.2 Å². The minimum Gasteiger partial charge on any atom is -0.399 e. The largest absolute Gasteiger partial charge is 0.399 e. The van der Waals surface area contributed by atoms with Gasteiger partial charge in [-0.15, -0.1) is 0 Å². The second-order valence-corrected chi connectivity index (χ2v) is 6.13. The predicted octanol–water partition coefficient (Wildman–Crippen LogP) is 4.95. The maximum Gasteiger partial charge on any atom is 0.271 e. The summed E-state index contributed by atoms with van der Waals surface area (Å²) >= 11 is 0. The van der Waals surface area contributed by atoms with Crippen molar-refractivity contribution in [3.63, 3.8) is 0 Å². The first-order valence-electron chi connectivity index (χ1n) is 8.63. The summed E-state index contributed by atoms with van der Waals surface area (Å²) in [7, 11) is 0. The molecule has 2 aromatic heterocycles. The normalized spacial score (nSPS) is 10.7. The molecule has 4 N–H and O–H groups in total. The first-order chi connectivity index (χ1) is 12.5. The number of fused-ring (bicyclic) bond motifs is 2. The number of benzene rings is 2. The number of nitrogens with zero attached hydrogens (tertiary/aromatic N) is 1. The zero-order chi connectivity index (χ0) is 18.7. The highest BCUT2D eigenvalue weighted by molar-refractivity contribution is 5.86. The van der Waals surface area contributed by atoms with Crippen LogP contribution in [0.4, 0.5) is 11.4 Å². The van der Waals surface area contributed by atoms with Gasteiger partial charge in [-0.1, -0.05) is 19.9 Å². The van der Waals surface area contributed by atoms with Gasteiger partial charge in [0.1, 0.15) is 0 Å². The van der Waals surface area contributed by atoms with E-state index in [9.17, 15) is 10.1 Å². The molecule has 6 heteroatoms. The van der Waals surface area contributed by atoms with Crippen molar-refractivity contribution in [1.82, 2.24) is 9.97 Å². The maximum atomic E-state index is 10.5. The van der Waals surface area contributed by atoms with Crippen LogP contribution in [0.5, 0.6) is 0 Å². The monoisotopic (exact) mass is 350 g/mol. The van der Waals surface area contributed by atoms with Crippen LogP contribution in [0.15, 0.2) is 48.8 Å². The highest BCUT2D eigenvalue weighted by Crippen LogP contribution is 2.23. The number of aromatic amines is 2. The maximum absolute atomic E-state index is 10.5. The molecule has 2 aromatic carbocycles. The zero-order valence-electron chi connectivity index (χ0n) is 14.9. The number of nitro benzene ring substituents is 1. The van der Waals surface area contributed by atoms with Crippen molar-refractivity contribution in [2.45, 2.75) is 26.7 Å². The second-order valence-electron chi connectivity index (χ2n) is 6.13. The van der Waals surface area contributed by atoms with Crippen LogP contribution in [-0.2, 0) is 12.8 Å². The lowest BCUT2D eigenvalue weighted by Crippen LogP contribution is -1.86. The summed E-state index contributed by atoms with van der Waals surface area (Å²) in [6.45, 7) is 4.21. The van der Waals surface area contributed by atoms with Gasteiger partial charge in [-0.2, -0.15) is 0 Å². The highest BCUT2D eigenvalue weighted by atomic mass is 16.6. The van der Waals surface area contributed by atoms with Crippen molar-refractivity contribution in [2.75, 3.05) is 5.73 Å². The molecule has 0 amide bonds. The Morgan fingerprint density at radius 2 is 1.46 bits per heavy atom. The molecule has 134 valence electrons. The molecular weight excluding hydrogens is 328 g/mol. The molecule has 0 saturated heterocycles. The van der Waals surface area contributed by atoms with Crippen LogP contribution in [0, 0.1) is 10.1 Å². The Labute approximate surface area is 151 Å². The summed E-state index contributed by atoms with van der Waals surface area (Å²) in [6.07, 6.45) is 5.93. The molecule has 4 rings (SSSR count). The van der Waals surface area contributed by atoms with Gasteiger partial charge in [0.2, 0.25) is 0 Å². The van der Waals surface area contributed by atoms with Crippen LogP contribution in [0.25, 0.3) is 21.8 Å². The van der Waals surface area contributed by atoms with Gasteiger partial charge < -0.3 is 15.7 Å². The van der Waals surface area contributed by atoms with E-state index in [4.69, 9.17) is 5.73 Å². The molecule has 2 heterocycles. The number of rotatable bonds is 3. The van der Waals surface area contributed by atoms with E-state index >= 15 is 0 Å². The average molecular weight is 350 g/mol. The molecule has 0 saturated carbocycles. The van der Waals surface area contributed by atoms with E-state index in [-0.39, 0.29) is 10.6 Å². The summed E-state index contributed by atoms with van der Waals surface area (Å²) < 4.78 is 0. The third-order valence-electron chi connectivity index (χ3n) is 4.52. The number of hydrogen-bond donors (Lipinski definition) is 3. The third kappa shape index (κ3) is 3.39. The lowest BCUT2D eigenvalue weighted by Gasteiger charge is -1.94. The molecule has 26 heavy (non-hydrogen) atoms. The Morgan fingerprint density at radius 3 is 2.00 bits per heavy atom. The van der Waals surface area contributed by atoms with E-state index in [1.165, 1.54) is 22.6 Å². The topological polar surface area (TPSA) is 101 Å². The number of nitro groups is 1. The van der Waals surface area contributed by atoms with Crippen LogP contribution in [0.2, 0.25) is 0 Å². The molecule has 0 spiro atoms. The number of non-ortho nitro benzene ring substituents is 1. The van der Waals surface area contributed by atoms with E-state index in [2.05, 4.69) is 29.9 Å². The molecule has 0 unspecified atom stereocenters. The summed E-state index contributed by atoms with van der Waals surface area (Å²) in [5, 5.41) is 12.9. The van der Waals surface area contributed by atoms with Gasteiger partial charge in [-0.05, 0) is 42.2 Å². The van der Waals surface area contributed by atoms with E-state index in [1.54, 1.807) is 12.1 Å². The van der Waals surface area contributed by atoms with Crippen LogP contribution in [0.3, 0.4) is 0 Å². The van der Waals surface area contributed by atoms with Gasteiger partial charge in [0.25, 0.3) is 5.69 Å². The standard InChI is InChI=1S/C10H10N2O2.C10H12N2/c1-2-7-6-11-10-5-8(12(13)14)3-4-9(7)10;1-2-7-6-12-10-5-8(11)3-4-9(7)10/h3-6,11H,2H2,1H3;3-6,12H,2,11H2,1H3. The molecular formula is C20H22N4O2. The number of nitrogens with one attached hydrogen (secondary N) is 2. The molecule has 0 aliphatic heterocycles. The zero-order valence-corrected chi connectivity index (χ0v) is 14.9. The Hall–Kier alpha value is -3.28. The van der Waals surface area contributed by atoms with Crippen molar-refractivity contribution in [1.29, 1.82) is 0 Å². The van der Waals surface area contributed by atoms with Crippen molar-refractivity contribution in [3.05, 3.63) is 70.0 Å². The molecule has 0 fully saturated rings. The van der Waals surface area contributed by atoms with Gasteiger partial charge in [-0.25, -0.2) is 0 Å². The fraction of sp³-hybridized carbons (Fsp3) is 0.200. The van der Waals surface area contributed by atoms with Gasteiger partial charge in [0, 0.05) is 46.5 Å². The molecule has 0 radical (unpaired) electrons. The average Bonchev–Trinajstić information content (AvgIpc) is 3.24. The molecule has 4 aromatic rings. The number of H-pyrrole nitrogens is 2. The molecule has 0 aliphatic carbocycles. The minimum absolute atomic E-state index is 0.127.